The molecule has 0 spiro atoms. The van der Waals surface area contributed by atoms with Gasteiger partial charge in [0.1, 0.15) is 17.2 Å². The van der Waals surface area contributed by atoms with Gasteiger partial charge in [-0.15, -0.1) is 0 Å². The normalized spacial score (nSPS) is 18.4. The number of anilines is 1. The number of rotatable bonds is 4. The Balaban J connectivity index is 1.34. The molecule has 172 valence electrons. The molecule has 0 radical (unpaired) electrons. The van der Waals surface area contributed by atoms with Crippen molar-refractivity contribution in [2.24, 2.45) is 18.7 Å². The summed E-state index contributed by atoms with van der Waals surface area (Å²) in [5.74, 6) is 0.600. The number of aromatic nitrogens is 6. The van der Waals surface area contributed by atoms with Crippen molar-refractivity contribution in [3.63, 3.8) is 0 Å². The van der Waals surface area contributed by atoms with Crippen molar-refractivity contribution < 1.29 is 4.39 Å². The smallest absolute Gasteiger partial charge is 0.202 e. The van der Waals surface area contributed by atoms with Gasteiger partial charge in [0.15, 0.2) is 0 Å². The average molecular weight is 477 g/mol. The van der Waals surface area contributed by atoms with Crippen LogP contribution in [0.15, 0.2) is 48.8 Å². The van der Waals surface area contributed by atoms with E-state index in [1.807, 2.05) is 37.5 Å². The Morgan fingerprint density at radius 1 is 1.21 bits per heavy atom. The van der Waals surface area contributed by atoms with Crippen LogP contribution in [-0.4, -0.2) is 49.6 Å². The molecule has 2 atom stereocenters. The summed E-state index contributed by atoms with van der Waals surface area (Å²) in [4.78, 5) is 11.5. The van der Waals surface area contributed by atoms with Gasteiger partial charge in [-0.3, -0.25) is 9.78 Å². The largest absolute Gasteiger partial charge is 0.354 e. The molecule has 1 unspecified atom stereocenters. The number of hydrogen-bond donors (Lipinski definition) is 2. The highest BCUT2D eigenvalue weighted by Crippen LogP contribution is 2.38. The Labute approximate surface area is 199 Å². The summed E-state index contributed by atoms with van der Waals surface area (Å²) in [7, 11) is 1.86. The molecule has 34 heavy (non-hydrogen) atoms. The third kappa shape index (κ3) is 3.31. The minimum atomic E-state index is -0.200. The van der Waals surface area contributed by atoms with Gasteiger partial charge in [-0.25, -0.2) is 14.4 Å². The number of fused-ring (bicyclic) bond motifs is 2. The summed E-state index contributed by atoms with van der Waals surface area (Å²) in [6.07, 6.45) is 3.62. The van der Waals surface area contributed by atoms with E-state index in [4.69, 9.17) is 22.3 Å². The summed E-state index contributed by atoms with van der Waals surface area (Å²) in [5, 5.41) is 13.3. The Morgan fingerprint density at radius 3 is 2.88 bits per heavy atom. The molecule has 1 aliphatic rings. The van der Waals surface area contributed by atoms with Gasteiger partial charge in [-0.05, 0) is 36.2 Å². The number of halogens is 2. The molecule has 0 amide bonds. The molecule has 3 N–H and O–H groups in total. The molecule has 4 heterocycles. The van der Waals surface area contributed by atoms with Crippen LogP contribution < -0.4 is 10.6 Å². The summed E-state index contributed by atoms with van der Waals surface area (Å²) in [6, 6.07) is 10.7. The number of benzene rings is 2. The topological polar surface area (TPSA) is 102 Å². The van der Waals surface area contributed by atoms with Crippen LogP contribution >= 0.6 is 11.6 Å². The fraction of sp³-hybridized carbons (Fsp3) is 0.250. The van der Waals surface area contributed by atoms with Gasteiger partial charge in [-0.2, -0.15) is 10.2 Å². The van der Waals surface area contributed by atoms with E-state index in [-0.39, 0.29) is 17.7 Å². The van der Waals surface area contributed by atoms with E-state index in [0.29, 0.717) is 52.9 Å². The highest BCUT2D eigenvalue weighted by atomic mass is 35.5. The maximum atomic E-state index is 14.5. The Morgan fingerprint density at radius 2 is 2.06 bits per heavy atom. The molecular weight excluding hydrogens is 455 g/mol. The lowest BCUT2D eigenvalue weighted by molar-refractivity contribution is 0.503. The first-order chi connectivity index (χ1) is 16.5. The molecule has 0 aliphatic carbocycles. The minimum Gasteiger partial charge on any atom is -0.354 e. The first-order valence-electron chi connectivity index (χ1n) is 11.1. The van der Waals surface area contributed by atoms with E-state index < -0.39 is 0 Å². The van der Waals surface area contributed by atoms with E-state index in [1.54, 1.807) is 16.9 Å². The zero-order valence-corrected chi connectivity index (χ0v) is 19.2. The van der Waals surface area contributed by atoms with Gasteiger partial charge in [-0.1, -0.05) is 29.8 Å². The molecule has 1 aliphatic heterocycles. The monoisotopic (exact) mass is 476 g/mol. The standard InChI is InChI=1S/C24H22ClFN8/c1-33-11-17-19(32-33)7-6-15(21(17)25)22-23-24(31-30-22)29-20(9-28-23)34-10-13(8-27)16(12-34)14-4-2-3-5-18(14)26/h2-7,9,11,13,16H,8,10,12,27H2,1H3,(H,29,30,31)/t13-,16?/m1/s1. The van der Waals surface area contributed by atoms with Crippen LogP contribution in [0.4, 0.5) is 10.2 Å². The Hall–Kier alpha value is -3.56. The predicted octanol–water partition coefficient (Wildman–Crippen LogP) is 3.88. The van der Waals surface area contributed by atoms with Crippen molar-refractivity contribution in [2.75, 3.05) is 24.5 Å². The number of nitrogens with two attached hydrogens (primary N) is 1. The molecule has 0 saturated carbocycles. The molecule has 1 fully saturated rings. The summed E-state index contributed by atoms with van der Waals surface area (Å²) in [5.41, 5.74) is 10.2. The SMILES string of the molecule is Cn1cc2c(Cl)c(-c3[nH]nc4nc(N5CC(c6ccccc6F)[C@H](CN)C5)cnc34)ccc2n1. The lowest BCUT2D eigenvalue weighted by atomic mass is 9.89. The van der Waals surface area contributed by atoms with Crippen molar-refractivity contribution in [3.8, 4) is 11.3 Å². The fourth-order valence-electron chi connectivity index (χ4n) is 4.92. The van der Waals surface area contributed by atoms with Crippen LogP contribution in [0.1, 0.15) is 11.5 Å². The Kier molecular flexibility index (Phi) is 4.96. The van der Waals surface area contributed by atoms with E-state index in [9.17, 15) is 4.39 Å². The predicted molar refractivity (Wildman–Crippen MR) is 130 cm³/mol. The van der Waals surface area contributed by atoms with E-state index in [1.165, 1.54) is 6.07 Å². The maximum absolute atomic E-state index is 14.5. The first-order valence-corrected chi connectivity index (χ1v) is 11.4. The van der Waals surface area contributed by atoms with Crippen LogP contribution in [0.3, 0.4) is 0 Å². The van der Waals surface area contributed by atoms with Gasteiger partial charge in [0.2, 0.25) is 5.65 Å². The van der Waals surface area contributed by atoms with Crippen molar-refractivity contribution in [2.45, 2.75) is 5.92 Å². The van der Waals surface area contributed by atoms with Crippen molar-refractivity contribution in [1.82, 2.24) is 29.9 Å². The molecule has 5 aromatic rings. The zero-order chi connectivity index (χ0) is 23.4. The molecule has 2 aromatic carbocycles. The minimum absolute atomic E-state index is 0.0107. The molecule has 0 bridgehead atoms. The average Bonchev–Trinajstić information content (AvgIpc) is 3.55. The number of aryl methyl sites for hydroxylation is 1. The highest BCUT2D eigenvalue weighted by molar-refractivity contribution is 6.38. The first kappa shape index (κ1) is 21.0. The van der Waals surface area contributed by atoms with E-state index >= 15 is 0 Å². The second-order valence-corrected chi connectivity index (χ2v) is 9.07. The maximum Gasteiger partial charge on any atom is 0.202 e. The summed E-state index contributed by atoms with van der Waals surface area (Å²) in [6.45, 7) is 1.76. The van der Waals surface area contributed by atoms with Crippen molar-refractivity contribution in [1.29, 1.82) is 0 Å². The molecule has 10 heteroatoms. The number of hydrogen-bond acceptors (Lipinski definition) is 6. The lowest BCUT2D eigenvalue weighted by Gasteiger charge is -2.17. The molecule has 8 nitrogen and oxygen atoms in total. The Bertz CT molecular complexity index is 1530. The summed E-state index contributed by atoms with van der Waals surface area (Å²) < 4.78 is 16.2. The quantitative estimate of drug-likeness (QED) is 0.408. The highest BCUT2D eigenvalue weighted by Gasteiger charge is 2.35. The number of H-pyrrole nitrogens is 1. The number of nitrogens with one attached hydrogen (secondary N) is 1. The third-order valence-corrected chi connectivity index (χ3v) is 7.04. The third-order valence-electron chi connectivity index (χ3n) is 6.63. The summed E-state index contributed by atoms with van der Waals surface area (Å²) >= 11 is 6.70. The van der Waals surface area contributed by atoms with Crippen LogP contribution in [0.5, 0.6) is 0 Å². The lowest BCUT2D eigenvalue weighted by Crippen LogP contribution is -2.23. The van der Waals surface area contributed by atoms with Gasteiger partial charge in [0, 0.05) is 43.2 Å². The van der Waals surface area contributed by atoms with Gasteiger partial charge < -0.3 is 10.6 Å². The number of nitrogens with zero attached hydrogens (tertiary/aromatic N) is 6. The van der Waals surface area contributed by atoms with Crippen LogP contribution in [0, 0.1) is 11.7 Å². The molecule has 3 aromatic heterocycles. The number of aromatic amines is 1. The molecular formula is C24H22ClFN8. The van der Waals surface area contributed by atoms with E-state index in [0.717, 1.165) is 16.5 Å². The van der Waals surface area contributed by atoms with Crippen molar-refractivity contribution in [3.05, 3.63) is 65.2 Å². The zero-order valence-electron chi connectivity index (χ0n) is 18.4. The fourth-order valence-corrected chi connectivity index (χ4v) is 5.23. The second kappa shape index (κ2) is 8.03. The molecule has 1 saturated heterocycles. The van der Waals surface area contributed by atoms with Crippen LogP contribution in [-0.2, 0) is 7.05 Å². The van der Waals surface area contributed by atoms with Crippen molar-refractivity contribution >= 4 is 39.5 Å². The second-order valence-electron chi connectivity index (χ2n) is 8.69. The van der Waals surface area contributed by atoms with Gasteiger partial charge >= 0.3 is 0 Å². The van der Waals surface area contributed by atoms with Crippen LogP contribution in [0.2, 0.25) is 5.02 Å². The molecule has 6 rings (SSSR count). The van der Waals surface area contributed by atoms with Crippen LogP contribution in [0.25, 0.3) is 33.3 Å². The van der Waals surface area contributed by atoms with Gasteiger partial charge in [0.05, 0.1) is 22.4 Å². The van der Waals surface area contributed by atoms with Gasteiger partial charge in [0.25, 0.3) is 0 Å². The van der Waals surface area contributed by atoms with E-state index in [2.05, 4.69) is 25.2 Å².